The van der Waals surface area contributed by atoms with Crippen molar-refractivity contribution >= 4 is 17.7 Å². The molecule has 114 valence electrons. The molecule has 0 saturated carbocycles. The molecule has 1 saturated heterocycles. The van der Waals surface area contributed by atoms with Crippen LogP contribution in [0, 0.1) is 5.82 Å². The fourth-order valence-corrected chi connectivity index (χ4v) is 2.38. The number of aromatic carboxylic acids is 1. The van der Waals surface area contributed by atoms with Crippen LogP contribution in [0.4, 0.5) is 14.9 Å². The number of hydrogen-bond acceptors (Lipinski definition) is 3. The molecule has 1 heterocycles. The Morgan fingerprint density at radius 2 is 1.95 bits per heavy atom. The minimum Gasteiger partial charge on any atom is -0.478 e. The second kappa shape index (κ2) is 6.09. The molecule has 2 unspecified atom stereocenters. The summed E-state index contributed by atoms with van der Waals surface area (Å²) in [6, 6.07) is 3.28. The number of halogens is 1. The number of carboxylic acids is 1. The molecule has 2 atom stereocenters. The maximum Gasteiger partial charge on any atom is 0.340 e. The highest BCUT2D eigenvalue weighted by atomic mass is 19.1. The Kier molecular flexibility index (Phi) is 4.42. The van der Waals surface area contributed by atoms with E-state index in [1.165, 1.54) is 17.0 Å². The highest BCUT2D eigenvalue weighted by Crippen LogP contribution is 2.20. The second-order valence-corrected chi connectivity index (χ2v) is 5.06. The first-order valence-electron chi connectivity index (χ1n) is 6.61. The van der Waals surface area contributed by atoms with Crippen LogP contribution in [-0.2, 0) is 4.74 Å². The minimum absolute atomic E-state index is 0.0562. The van der Waals surface area contributed by atoms with E-state index in [1.54, 1.807) is 0 Å². The summed E-state index contributed by atoms with van der Waals surface area (Å²) in [6.45, 7) is 4.49. The SMILES string of the molecule is CC1CN(C(=O)Nc2cccc(F)c2C(=O)O)CC(C)O1. The third-order valence-electron chi connectivity index (χ3n) is 3.18. The maximum absolute atomic E-state index is 13.6. The summed E-state index contributed by atoms with van der Waals surface area (Å²) < 4.78 is 19.1. The van der Waals surface area contributed by atoms with Crippen LogP contribution in [0.3, 0.4) is 0 Å². The van der Waals surface area contributed by atoms with Crippen LogP contribution in [0.25, 0.3) is 0 Å². The van der Waals surface area contributed by atoms with Gasteiger partial charge in [0.15, 0.2) is 0 Å². The van der Waals surface area contributed by atoms with Crippen molar-refractivity contribution in [2.24, 2.45) is 0 Å². The van der Waals surface area contributed by atoms with Gasteiger partial charge in [0.05, 0.1) is 17.9 Å². The largest absolute Gasteiger partial charge is 0.478 e. The number of urea groups is 1. The van der Waals surface area contributed by atoms with Crippen LogP contribution in [-0.4, -0.2) is 47.3 Å². The van der Waals surface area contributed by atoms with E-state index in [4.69, 9.17) is 9.84 Å². The summed E-state index contributed by atoms with van der Waals surface area (Å²) in [6.07, 6.45) is -0.211. The van der Waals surface area contributed by atoms with E-state index < -0.39 is 23.4 Å². The summed E-state index contributed by atoms with van der Waals surface area (Å²) in [5.41, 5.74) is -0.598. The molecule has 1 aliphatic heterocycles. The third-order valence-corrected chi connectivity index (χ3v) is 3.18. The van der Waals surface area contributed by atoms with Crippen LogP contribution >= 0.6 is 0 Å². The van der Waals surface area contributed by atoms with Gasteiger partial charge in [0.2, 0.25) is 0 Å². The van der Waals surface area contributed by atoms with E-state index in [9.17, 15) is 14.0 Å². The zero-order valence-electron chi connectivity index (χ0n) is 11.8. The summed E-state index contributed by atoms with van der Waals surface area (Å²) in [5.74, 6) is -2.31. The number of rotatable bonds is 2. The maximum atomic E-state index is 13.6. The molecule has 1 aromatic carbocycles. The number of carboxylic acid groups (broad SMARTS) is 1. The number of anilines is 1. The molecule has 0 bridgehead atoms. The van der Waals surface area contributed by atoms with E-state index in [-0.39, 0.29) is 17.9 Å². The second-order valence-electron chi connectivity index (χ2n) is 5.06. The Balaban J connectivity index is 2.16. The van der Waals surface area contributed by atoms with Crippen LogP contribution in [0.1, 0.15) is 24.2 Å². The lowest BCUT2D eigenvalue weighted by molar-refractivity contribution is -0.0530. The number of carbonyl (C=O) groups is 2. The van der Waals surface area contributed by atoms with E-state index in [2.05, 4.69) is 5.32 Å². The van der Waals surface area contributed by atoms with Crippen molar-refractivity contribution in [3.8, 4) is 0 Å². The molecule has 7 heteroatoms. The van der Waals surface area contributed by atoms with Gasteiger partial charge in [0.25, 0.3) is 0 Å². The number of nitrogens with zero attached hydrogens (tertiary/aromatic N) is 1. The van der Waals surface area contributed by atoms with Crippen molar-refractivity contribution in [1.82, 2.24) is 4.90 Å². The van der Waals surface area contributed by atoms with E-state index in [0.717, 1.165) is 6.07 Å². The molecule has 1 fully saturated rings. The quantitative estimate of drug-likeness (QED) is 0.876. The number of morpholine rings is 1. The van der Waals surface area contributed by atoms with Gasteiger partial charge in [0.1, 0.15) is 11.4 Å². The van der Waals surface area contributed by atoms with Gasteiger partial charge in [0, 0.05) is 13.1 Å². The van der Waals surface area contributed by atoms with Crippen molar-refractivity contribution in [3.63, 3.8) is 0 Å². The molecule has 1 aromatic rings. The van der Waals surface area contributed by atoms with Crippen LogP contribution < -0.4 is 5.32 Å². The molecule has 1 aliphatic rings. The number of benzene rings is 1. The third kappa shape index (κ3) is 3.49. The smallest absolute Gasteiger partial charge is 0.340 e. The Labute approximate surface area is 121 Å². The summed E-state index contributed by atoms with van der Waals surface area (Å²) >= 11 is 0. The lowest BCUT2D eigenvalue weighted by Crippen LogP contribution is -2.49. The number of amides is 2. The van der Waals surface area contributed by atoms with Gasteiger partial charge in [-0.1, -0.05) is 6.07 Å². The molecule has 2 rings (SSSR count). The standard InChI is InChI=1S/C14H17FN2O4/c1-8-6-17(7-9(2)21-8)14(20)16-11-5-3-4-10(15)12(11)13(18)19/h3-5,8-9H,6-7H2,1-2H3,(H,16,20)(H,18,19). The molecular weight excluding hydrogens is 279 g/mol. The number of ether oxygens (including phenoxy) is 1. The fraction of sp³-hybridized carbons (Fsp3) is 0.429. The van der Waals surface area contributed by atoms with Gasteiger partial charge >= 0.3 is 12.0 Å². The van der Waals surface area contributed by atoms with Crippen LogP contribution in [0.2, 0.25) is 0 Å². The van der Waals surface area contributed by atoms with Gasteiger partial charge < -0.3 is 20.1 Å². The first-order valence-corrected chi connectivity index (χ1v) is 6.61. The van der Waals surface area contributed by atoms with E-state index >= 15 is 0 Å². The Hall–Kier alpha value is -2.15. The Morgan fingerprint density at radius 1 is 1.33 bits per heavy atom. The first kappa shape index (κ1) is 15.2. The van der Waals surface area contributed by atoms with Crippen LogP contribution in [0.5, 0.6) is 0 Å². The highest BCUT2D eigenvalue weighted by molar-refractivity contribution is 6.00. The van der Waals surface area contributed by atoms with Crippen molar-refractivity contribution in [3.05, 3.63) is 29.6 Å². The molecule has 0 aromatic heterocycles. The van der Waals surface area contributed by atoms with E-state index in [1.807, 2.05) is 13.8 Å². The fourth-order valence-electron chi connectivity index (χ4n) is 2.38. The molecule has 2 amide bonds. The van der Waals surface area contributed by atoms with Crippen molar-refractivity contribution in [2.45, 2.75) is 26.1 Å². The Bertz CT molecular complexity index is 554. The molecule has 21 heavy (non-hydrogen) atoms. The van der Waals surface area contributed by atoms with E-state index in [0.29, 0.717) is 13.1 Å². The predicted molar refractivity (Wildman–Crippen MR) is 74.0 cm³/mol. The molecular formula is C14H17FN2O4. The predicted octanol–water partition coefficient (Wildman–Crippen LogP) is 2.17. The highest BCUT2D eigenvalue weighted by Gasteiger charge is 2.27. The lowest BCUT2D eigenvalue weighted by atomic mass is 10.1. The van der Waals surface area contributed by atoms with Gasteiger partial charge in [-0.3, -0.25) is 0 Å². The average Bonchev–Trinajstić information content (AvgIpc) is 2.37. The Morgan fingerprint density at radius 3 is 2.52 bits per heavy atom. The summed E-state index contributed by atoms with van der Waals surface area (Å²) in [7, 11) is 0. The normalized spacial score (nSPS) is 22.0. The monoisotopic (exact) mass is 296 g/mol. The molecule has 2 N–H and O–H groups in total. The minimum atomic E-state index is -1.42. The number of nitrogens with one attached hydrogen (secondary N) is 1. The van der Waals surface area contributed by atoms with Crippen LogP contribution in [0.15, 0.2) is 18.2 Å². The van der Waals surface area contributed by atoms with Gasteiger partial charge in [-0.15, -0.1) is 0 Å². The zero-order chi connectivity index (χ0) is 15.6. The summed E-state index contributed by atoms with van der Waals surface area (Å²) in [5, 5.41) is 11.5. The first-order chi connectivity index (χ1) is 9.88. The summed E-state index contributed by atoms with van der Waals surface area (Å²) in [4.78, 5) is 24.8. The molecule has 0 spiro atoms. The topological polar surface area (TPSA) is 78.9 Å². The number of hydrogen-bond donors (Lipinski definition) is 2. The van der Waals surface area contributed by atoms with Crippen molar-refractivity contribution < 1.29 is 23.8 Å². The van der Waals surface area contributed by atoms with Gasteiger partial charge in [-0.05, 0) is 26.0 Å². The van der Waals surface area contributed by atoms with Gasteiger partial charge in [-0.25, -0.2) is 14.0 Å². The zero-order valence-corrected chi connectivity index (χ0v) is 11.8. The number of carbonyl (C=O) groups excluding carboxylic acids is 1. The molecule has 0 radical (unpaired) electrons. The van der Waals surface area contributed by atoms with Gasteiger partial charge in [-0.2, -0.15) is 0 Å². The molecule has 6 nitrogen and oxygen atoms in total. The van der Waals surface area contributed by atoms with Crippen molar-refractivity contribution in [1.29, 1.82) is 0 Å². The molecule has 0 aliphatic carbocycles. The van der Waals surface area contributed by atoms with Crippen molar-refractivity contribution in [2.75, 3.05) is 18.4 Å². The average molecular weight is 296 g/mol. The lowest BCUT2D eigenvalue weighted by Gasteiger charge is -2.35.